The second-order valence-corrected chi connectivity index (χ2v) is 14.6. The van der Waals surface area contributed by atoms with Gasteiger partial charge in [0, 0.05) is 0 Å². The molecular weight excluding hydrogens is 611 g/mol. The van der Waals surface area contributed by atoms with Gasteiger partial charge in [-0.1, -0.05) is 0 Å². The third-order valence-corrected chi connectivity index (χ3v) is 10.9. The summed E-state index contributed by atoms with van der Waals surface area (Å²) in [6.07, 6.45) is 3.86. The third kappa shape index (κ3) is 7.02. The van der Waals surface area contributed by atoms with Crippen molar-refractivity contribution in [2.75, 3.05) is 19.7 Å². The van der Waals surface area contributed by atoms with Crippen molar-refractivity contribution in [2.24, 2.45) is 0 Å². The number of rotatable bonds is 10. The van der Waals surface area contributed by atoms with Crippen LogP contribution in [0.15, 0.2) is 60.7 Å². The van der Waals surface area contributed by atoms with Crippen LogP contribution >= 0.6 is 11.3 Å². The number of ether oxygens (including phenoxy) is 1. The summed E-state index contributed by atoms with van der Waals surface area (Å²) in [6, 6.07) is 19.4. The predicted octanol–water partition coefficient (Wildman–Crippen LogP) is 5.05. The SMILES string of the molecule is CCCOC(=O)n1nc([AsH]C(=O)c2ccc(CN3CCCCC3)cc2)c2cc(C(=O)NC(C)(C)c3ccccc3)sc21. The molecule has 220 valence electrons. The van der Waals surface area contributed by atoms with Crippen LogP contribution in [0.1, 0.15) is 77.6 Å². The van der Waals surface area contributed by atoms with Gasteiger partial charge in [-0.25, -0.2) is 0 Å². The summed E-state index contributed by atoms with van der Waals surface area (Å²) >= 11 is -0.234. The summed E-state index contributed by atoms with van der Waals surface area (Å²) in [5.74, 6) is -0.250. The number of hydrogen-bond donors (Lipinski definition) is 1. The fourth-order valence-corrected chi connectivity index (χ4v) is 8.36. The van der Waals surface area contributed by atoms with Gasteiger partial charge in [-0.2, -0.15) is 0 Å². The first kappa shape index (κ1) is 30.2. The zero-order chi connectivity index (χ0) is 29.7. The molecular formula is C32H37AsN4O4S. The van der Waals surface area contributed by atoms with Gasteiger partial charge in [0.1, 0.15) is 0 Å². The van der Waals surface area contributed by atoms with Crippen molar-refractivity contribution in [1.29, 1.82) is 0 Å². The van der Waals surface area contributed by atoms with Crippen LogP contribution in [0.4, 0.5) is 4.79 Å². The molecule has 2 aromatic carbocycles. The molecule has 1 unspecified atom stereocenters. The molecule has 0 saturated carbocycles. The monoisotopic (exact) mass is 648 g/mol. The molecule has 0 bridgehead atoms. The van der Waals surface area contributed by atoms with Crippen molar-refractivity contribution in [3.8, 4) is 0 Å². The fraction of sp³-hybridized carbons (Fsp3) is 0.375. The summed E-state index contributed by atoms with van der Waals surface area (Å²) in [5.41, 5.74) is 2.22. The molecule has 0 spiro atoms. The number of benzene rings is 2. The van der Waals surface area contributed by atoms with Gasteiger partial charge in [0.05, 0.1) is 0 Å². The van der Waals surface area contributed by atoms with Gasteiger partial charge in [-0.05, 0) is 0 Å². The number of carbonyl (C=O) groups excluding carboxylic acids is 3. The van der Waals surface area contributed by atoms with Gasteiger partial charge in [0.25, 0.3) is 0 Å². The van der Waals surface area contributed by atoms with E-state index in [1.54, 1.807) is 6.07 Å². The topological polar surface area (TPSA) is 93.5 Å². The number of carbonyl (C=O) groups is 3. The number of piperidine rings is 1. The summed E-state index contributed by atoms with van der Waals surface area (Å²) < 4.78 is 7.17. The van der Waals surface area contributed by atoms with Crippen molar-refractivity contribution >= 4 is 58.4 Å². The Balaban J connectivity index is 1.37. The Morgan fingerprint density at radius 2 is 1.74 bits per heavy atom. The van der Waals surface area contributed by atoms with E-state index in [1.807, 2.05) is 75.4 Å². The first-order valence-corrected chi connectivity index (χ1v) is 17.4. The van der Waals surface area contributed by atoms with E-state index in [1.165, 1.54) is 40.8 Å². The number of hydrogen-bond acceptors (Lipinski definition) is 7. The van der Waals surface area contributed by atoms with Crippen LogP contribution < -0.4 is 9.80 Å². The summed E-state index contributed by atoms with van der Waals surface area (Å²) in [5, 5.41) is 8.30. The summed E-state index contributed by atoms with van der Waals surface area (Å²) in [4.78, 5) is 43.1. The van der Waals surface area contributed by atoms with E-state index in [2.05, 4.69) is 15.3 Å². The summed E-state index contributed by atoms with van der Waals surface area (Å²) in [6.45, 7) is 9.22. The van der Waals surface area contributed by atoms with Crippen molar-refractivity contribution in [2.45, 2.75) is 58.5 Å². The van der Waals surface area contributed by atoms with E-state index in [4.69, 9.17) is 4.74 Å². The molecule has 8 nitrogen and oxygen atoms in total. The Kier molecular flexibility index (Phi) is 9.61. The minimum atomic E-state index is -1.42. The van der Waals surface area contributed by atoms with Gasteiger partial charge < -0.3 is 0 Å². The van der Waals surface area contributed by atoms with Crippen molar-refractivity contribution in [3.63, 3.8) is 0 Å². The van der Waals surface area contributed by atoms with Crippen molar-refractivity contribution in [1.82, 2.24) is 20.0 Å². The Morgan fingerprint density at radius 1 is 1.02 bits per heavy atom. The minimum absolute atomic E-state index is 0.0235. The number of fused-ring (bicyclic) bond motifs is 1. The van der Waals surface area contributed by atoms with Crippen LogP contribution in [0.3, 0.4) is 0 Å². The molecule has 1 fully saturated rings. The molecule has 42 heavy (non-hydrogen) atoms. The van der Waals surface area contributed by atoms with Crippen LogP contribution in [0.2, 0.25) is 0 Å². The van der Waals surface area contributed by atoms with Gasteiger partial charge in [-0.3, -0.25) is 0 Å². The zero-order valence-electron chi connectivity index (χ0n) is 24.3. The normalized spacial score (nSPS) is 14.5. The molecule has 1 N–H and O–H groups in total. The number of aromatic nitrogens is 2. The first-order valence-electron chi connectivity index (χ1n) is 14.5. The van der Waals surface area contributed by atoms with Crippen LogP contribution in [0.25, 0.3) is 10.2 Å². The van der Waals surface area contributed by atoms with Crippen molar-refractivity contribution in [3.05, 3.63) is 82.2 Å². The number of likely N-dealkylation sites (tertiary alicyclic amines) is 1. The van der Waals surface area contributed by atoms with Gasteiger partial charge >= 0.3 is 258 Å². The molecule has 1 atom stereocenters. The number of nitrogens with one attached hydrogen (secondary N) is 1. The number of amides is 1. The van der Waals surface area contributed by atoms with Crippen molar-refractivity contribution < 1.29 is 19.1 Å². The van der Waals surface area contributed by atoms with Gasteiger partial charge in [-0.15, -0.1) is 0 Å². The Bertz CT molecular complexity index is 1560. The van der Waals surface area contributed by atoms with E-state index in [9.17, 15) is 14.4 Å². The van der Waals surface area contributed by atoms with E-state index < -0.39 is 27.4 Å². The average Bonchev–Trinajstić information content (AvgIpc) is 3.58. The van der Waals surface area contributed by atoms with Gasteiger partial charge in [0.15, 0.2) is 0 Å². The Labute approximate surface area is 257 Å². The molecule has 1 amide bonds. The Hall–Kier alpha value is -3.26. The molecule has 0 radical (unpaired) electrons. The molecule has 1 aliphatic heterocycles. The van der Waals surface area contributed by atoms with E-state index in [-0.39, 0.29) is 17.1 Å². The van der Waals surface area contributed by atoms with Gasteiger partial charge in [0.2, 0.25) is 0 Å². The average molecular weight is 649 g/mol. The number of thiophene rings is 1. The third-order valence-electron chi connectivity index (χ3n) is 7.41. The Morgan fingerprint density at radius 3 is 2.43 bits per heavy atom. The first-order chi connectivity index (χ1) is 20.2. The van der Waals surface area contributed by atoms with E-state index in [0.717, 1.165) is 25.2 Å². The predicted molar refractivity (Wildman–Crippen MR) is 168 cm³/mol. The molecule has 2 aromatic heterocycles. The molecule has 1 aliphatic rings. The quantitative estimate of drug-likeness (QED) is 0.242. The second-order valence-electron chi connectivity index (χ2n) is 11.1. The zero-order valence-corrected chi connectivity index (χ0v) is 27.2. The van der Waals surface area contributed by atoms with E-state index >= 15 is 0 Å². The fourth-order valence-electron chi connectivity index (χ4n) is 5.08. The molecule has 5 rings (SSSR count). The number of nitrogens with zero attached hydrogens (tertiary/aromatic N) is 3. The van der Waals surface area contributed by atoms with Crippen LogP contribution in [0, 0.1) is 0 Å². The molecule has 1 saturated heterocycles. The molecule has 3 heterocycles. The van der Waals surface area contributed by atoms with E-state index in [0.29, 0.717) is 31.6 Å². The second kappa shape index (κ2) is 13.4. The van der Waals surface area contributed by atoms with Crippen LogP contribution in [-0.2, 0) is 16.8 Å². The molecule has 0 aliphatic carbocycles. The molecule has 4 aromatic rings. The standard InChI is InChI=1S/C32H37AsN4O4S/c1-4-19-41-31(40)37-30-25(20-26(42-30)29(39)34-32(2,3)24-11-7-5-8-12-24)27(35-37)33-28(38)23-15-13-22(14-16-23)21-36-17-9-6-10-18-36/h5,7-8,11-16,20,33H,4,6,9-10,17-19,21H2,1-3H3,(H,34,39). The maximum absolute atomic E-state index is 13.4. The molecule has 10 heteroatoms. The summed E-state index contributed by atoms with van der Waals surface area (Å²) in [7, 11) is 0. The van der Waals surface area contributed by atoms with Crippen LogP contribution in [-0.4, -0.2) is 66.7 Å². The van der Waals surface area contributed by atoms with Crippen LogP contribution in [0.5, 0.6) is 0 Å². The maximum atomic E-state index is 13.4.